The lowest BCUT2D eigenvalue weighted by atomic mass is 9.81. The van der Waals surface area contributed by atoms with Crippen LogP contribution in [0.4, 0.5) is 24.8 Å². The number of nitrogens with zero attached hydrogens (tertiary/aromatic N) is 3. The van der Waals surface area contributed by atoms with Gasteiger partial charge >= 0.3 is 12.1 Å². The Morgan fingerprint density at radius 2 is 2.22 bits per heavy atom. The van der Waals surface area contributed by atoms with Gasteiger partial charge in [-0.1, -0.05) is 22.9 Å². The Kier molecular flexibility index (Phi) is 4.43. The van der Waals surface area contributed by atoms with Crippen molar-refractivity contribution in [1.82, 2.24) is 9.88 Å². The Morgan fingerprint density at radius 3 is 2.93 bits per heavy atom. The number of anilines is 2. The Hall–Kier alpha value is -2.39. The summed E-state index contributed by atoms with van der Waals surface area (Å²) in [6, 6.07) is 4.94. The predicted molar refractivity (Wildman–Crippen MR) is 100 cm³/mol. The summed E-state index contributed by atoms with van der Waals surface area (Å²) < 4.78 is 18.0. The summed E-state index contributed by atoms with van der Waals surface area (Å²) in [7, 11) is 1.35. The first-order valence-corrected chi connectivity index (χ1v) is 9.44. The highest BCUT2D eigenvalue weighted by Gasteiger charge is 2.50. The van der Waals surface area contributed by atoms with Gasteiger partial charge in [-0.3, -0.25) is 10.2 Å². The first-order chi connectivity index (χ1) is 12.9. The maximum Gasteiger partial charge on any atom is 0.409 e. The molecule has 1 unspecified atom stereocenters. The molecule has 10 heteroatoms. The molecule has 3 amide bonds. The SMILES string of the molecule is COC(=O)N1CCC2(C1)CN(C(=O)Nc1ncc(F)s1)c1ccc(Cl)cc12. The van der Waals surface area contributed by atoms with Crippen LogP contribution in [0.15, 0.2) is 24.4 Å². The molecule has 1 N–H and O–H groups in total. The molecule has 27 heavy (non-hydrogen) atoms. The normalized spacial score (nSPS) is 20.9. The standard InChI is InChI=1S/C17H16ClFN4O3S/c1-26-16(25)22-5-4-17(8-22)9-23(12-3-2-10(18)6-11(12)17)15(24)21-14-20-7-13(19)27-14/h2-3,6-7H,4-5,8-9H2,1H3,(H,20,21,24). The number of halogens is 2. The van der Waals surface area contributed by atoms with Crippen LogP contribution in [0, 0.1) is 5.13 Å². The molecular weight excluding hydrogens is 395 g/mol. The fourth-order valence-electron chi connectivity index (χ4n) is 3.80. The van der Waals surface area contributed by atoms with Gasteiger partial charge in [0.25, 0.3) is 0 Å². The lowest BCUT2D eigenvalue weighted by molar-refractivity contribution is 0.131. The van der Waals surface area contributed by atoms with E-state index < -0.39 is 22.7 Å². The van der Waals surface area contributed by atoms with E-state index in [4.69, 9.17) is 16.3 Å². The van der Waals surface area contributed by atoms with Crippen LogP contribution in [0.25, 0.3) is 0 Å². The molecule has 2 aliphatic heterocycles. The Labute approximate surface area is 163 Å². The number of carbonyl (C=O) groups excluding carboxylic acids is 2. The highest BCUT2D eigenvalue weighted by atomic mass is 35.5. The number of fused-ring (bicyclic) bond motifs is 2. The number of benzene rings is 1. The minimum absolute atomic E-state index is 0.191. The Balaban J connectivity index is 1.64. The van der Waals surface area contributed by atoms with Gasteiger partial charge in [0.15, 0.2) is 10.3 Å². The van der Waals surface area contributed by atoms with Crippen molar-refractivity contribution in [2.24, 2.45) is 0 Å². The molecule has 1 fully saturated rings. The van der Waals surface area contributed by atoms with Crippen molar-refractivity contribution >= 4 is 45.9 Å². The lowest BCUT2D eigenvalue weighted by Crippen LogP contribution is -2.41. The minimum Gasteiger partial charge on any atom is -0.453 e. The van der Waals surface area contributed by atoms with Gasteiger partial charge in [0.1, 0.15) is 0 Å². The molecule has 7 nitrogen and oxygen atoms in total. The summed E-state index contributed by atoms with van der Waals surface area (Å²) in [4.78, 5) is 31.8. The molecule has 1 atom stereocenters. The van der Waals surface area contributed by atoms with E-state index in [0.29, 0.717) is 31.1 Å². The number of rotatable bonds is 1. The third-order valence-corrected chi connectivity index (χ3v) is 5.94. The maximum absolute atomic E-state index is 13.2. The van der Waals surface area contributed by atoms with Crippen molar-refractivity contribution < 1.29 is 18.7 Å². The number of carbonyl (C=O) groups is 2. The summed E-state index contributed by atoms with van der Waals surface area (Å²) in [6.45, 7) is 1.35. The molecular formula is C17H16ClFN4O3S. The third-order valence-electron chi connectivity index (χ3n) is 5.00. The van der Waals surface area contributed by atoms with Crippen LogP contribution >= 0.6 is 22.9 Å². The first kappa shape index (κ1) is 18.0. The second-order valence-electron chi connectivity index (χ2n) is 6.57. The number of likely N-dealkylation sites (tertiary alicyclic amines) is 1. The topological polar surface area (TPSA) is 74.8 Å². The number of methoxy groups -OCH3 is 1. The monoisotopic (exact) mass is 410 g/mol. The molecule has 1 aromatic carbocycles. The summed E-state index contributed by atoms with van der Waals surface area (Å²) >= 11 is 6.96. The molecule has 1 saturated heterocycles. The quantitative estimate of drug-likeness (QED) is 0.777. The predicted octanol–water partition coefficient (Wildman–Crippen LogP) is 3.70. The Bertz CT molecular complexity index is 923. The highest BCUT2D eigenvalue weighted by Crippen LogP contribution is 2.47. The second-order valence-corrected chi connectivity index (χ2v) is 7.99. The molecule has 1 spiro atoms. The van der Waals surface area contributed by atoms with Crippen molar-refractivity contribution in [3.8, 4) is 0 Å². The number of nitrogens with one attached hydrogen (secondary N) is 1. The van der Waals surface area contributed by atoms with Crippen molar-refractivity contribution in [1.29, 1.82) is 0 Å². The largest absolute Gasteiger partial charge is 0.453 e. The summed E-state index contributed by atoms with van der Waals surface area (Å²) in [5, 5.41) is 2.91. The molecule has 3 heterocycles. The number of aromatic nitrogens is 1. The van der Waals surface area contributed by atoms with E-state index in [1.165, 1.54) is 7.11 Å². The van der Waals surface area contributed by atoms with Gasteiger partial charge in [-0.15, -0.1) is 0 Å². The van der Waals surface area contributed by atoms with Crippen LogP contribution in [-0.4, -0.2) is 48.8 Å². The Morgan fingerprint density at radius 1 is 1.41 bits per heavy atom. The fraction of sp³-hybridized carbons (Fsp3) is 0.353. The number of hydrogen-bond donors (Lipinski definition) is 1. The van der Waals surface area contributed by atoms with Crippen LogP contribution in [0.5, 0.6) is 0 Å². The average Bonchev–Trinajstić information content (AvgIpc) is 3.34. The molecule has 1 aromatic heterocycles. The van der Waals surface area contributed by atoms with Crippen LogP contribution < -0.4 is 10.2 Å². The van der Waals surface area contributed by atoms with Crippen LogP contribution in [0.1, 0.15) is 12.0 Å². The van der Waals surface area contributed by atoms with E-state index in [1.807, 2.05) is 6.07 Å². The van der Waals surface area contributed by atoms with Crippen LogP contribution in [0.3, 0.4) is 0 Å². The number of amides is 3. The van der Waals surface area contributed by atoms with E-state index in [1.54, 1.807) is 21.9 Å². The van der Waals surface area contributed by atoms with E-state index in [9.17, 15) is 14.0 Å². The number of thiazole rings is 1. The van der Waals surface area contributed by atoms with Crippen molar-refractivity contribution in [3.63, 3.8) is 0 Å². The lowest BCUT2D eigenvalue weighted by Gasteiger charge is -2.25. The molecule has 0 bridgehead atoms. The zero-order valence-corrected chi connectivity index (χ0v) is 15.9. The molecule has 142 valence electrons. The van der Waals surface area contributed by atoms with Gasteiger partial charge in [0.2, 0.25) is 0 Å². The molecule has 4 rings (SSSR count). The summed E-state index contributed by atoms with van der Waals surface area (Å²) in [5.41, 5.74) is 1.22. The van der Waals surface area contributed by atoms with E-state index in [2.05, 4.69) is 10.3 Å². The number of ether oxygens (including phenoxy) is 1. The van der Waals surface area contributed by atoms with Gasteiger partial charge in [0.05, 0.1) is 13.3 Å². The van der Waals surface area contributed by atoms with Gasteiger partial charge in [-0.25, -0.2) is 14.6 Å². The van der Waals surface area contributed by atoms with Crippen molar-refractivity contribution in [3.05, 3.63) is 40.1 Å². The van der Waals surface area contributed by atoms with E-state index >= 15 is 0 Å². The minimum atomic E-state index is -0.472. The maximum atomic E-state index is 13.2. The molecule has 0 saturated carbocycles. The highest BCUT2D eigenvalue weighted by molar-refractivity contribution is 7.14. The second kappa shape index (κ2) is 6.65. The van der Waals surface area contributed by atoms with Crippen LogP contribution in [0.2, 0.25) is 5.02 Å². The molecule has 2 aliphatic rings. The summed E-state index contributed by atoms with van der Waals surface area (Å²) in [6.07, 6.45) is 1.35. The average molecular weight is 411 g/mol. The van der Waals surface area contributed by atoms with Crippen LogP contribution in [-0.2, 0) is 10.2 Å². The first-order valence-electron chi connectivity index (χ1n) is 8.25. The van der Waals surface area contributed by atoms with E-state index in [0.717, 1.165) is 28.8 Å². The molecule has 0 radical (unpaired) electrons. The fourth-order valence-corrected chi connectivity index (χ4v) is 4.51. The number of urea groups is 1. The van der Waals surface area contributed by atoms with E-state index in [-0.39, 0.29) is 5.13 Å². The van der Waals surface area contributed by atoms with Gasteiger partial charge < -0.3 is 9.64 Å². The van der Waals surface area contributed by atoms with Gasteiger partial charge in [0, 0.05) is 35.8 Å². The zero-order chi connectivity index (χ0) is 19.2. The zero-order valence-electron chi connectivity index (χ0n) is 14.4. The molecule has 0 aliphatic carbocycles. The smallest absolute Gasteiger partial charge is 0.409 e. The number of hydrogen-bond acceptors (Lipinski definition) is 5. The van der Waals surface area contributed by atoms with Gasteiger partial charge in [-0.2, -0.15) is 4.39 Å². The third kappa shape index (κ3) is 3.10. The van der Waals surface area contributed by atoms with Crippen molar-refractivity contribution in [2.45, 2.75) is 11.8 Å². The molecule has 2 aromatic rings. The van der Waals surface area contributed by atoms with Crippen molar-refractivity contribution in [2.75, 3.05) is 37.0 Å². The van der Waals surface area contributed by atoms with Gasteiger partial charge in [-0.05, 0) is 30.2 Å². The summed E-state index contributed by atoms with van der Waals surface area (Å²) in [5.74, 6) is 0.